The van der Waals surface area contributed by atoms with Crippen LogP contribution in [0.15, 0.2) is 51.9 Å². The van der Waals surface area contributed by atoms with E-state index in [9.17, 15) is 39.9 Å². The van der Waals surface area contributed by atoms with Crippen molar-refractivity contribution in [2.75, 3.05) is 6.61 Å². The fourth-order valence-electron chi connectivity index (χ4n) is 3.75. The van der Waals surface area contributed by atoms with E-state index in [4.69, 9.17) is 23.7 Å². The van der Waals surface area contributed by atoms with Gasteiger partial charge in [-0.1, -0.05) is 12.1 Å². The van der Waals surface area contributed by atoms with Crippen molar-refractivity contribution >= 4 is 22.9 Å². The van der Waals surface area contributed by atoms with Gasteiger partial charge < -0.3 is 49.3 Å². The zero-order valence-corrected chi connectivity index (χ0v) is 18.9. The van der Waals surface area contributed by atoms with Crippen molar-refractivity contribution in [3.8, 4) is 28.4 Å². The Kier molecular flexibility index (Phi) is 7.31. The topological polar surface area (TPSA) is 213 Å². The summed E-state index contributed by atoms with van der Waals surface area (Å²) in [5.74, 6) is -3.16. The van der Waals surface area contributed by atoms with Crippen LogP contribution < -0.4 is 10.2 Å². The molecule has 1 aliphatic rings. The lowest BCUT2D eigenvalue weighted by Gasteiger charge is -2.39. The summed E-state index contributed by atoms with van der Waals surface area (Å²) in [5, 5.41) is 59.0. The van der Waals surface area contributed by atoms with E-state index in [-0.39, 0.29) is 28.0 Å². The maximum absolute atomic E-state index is 13.1. The van der Waals surface area contributed by atoms with Gasteiger partial charge in [0.2, 0.25) is 11.7 Å². The van der Waals surface area contributed by atoms with Crippen molar-refractivity contribution in [1.82, 2.24) is 0 Å². The monoisotopic (exact) mass is 518 g/mol. The number of aromatic hydroxyl groups is 2. The van der Waals surface area contributed by atoms with Gasteiger partial charge in [-0.3, -0.25) is 14.4 Å². The highest BCUT2D eigenvalue weighted by Gasteiger charge is 2.45. The molecule has 0 spiro atoms. The lowest BCUT2D eigenvalue weighted by molar-refractivity contribution is -0.278. The number of ether oxygens (including phenoxy) is 3. The number of aliphatic hydroxyl groups is 3. The minimum atomic E-state index is -1.81. The molecule has 0 radical (unpaired) electrons. The number of carbonyl (C=O) groups is 2. The number of carboxylic acid groups (broad SMARTS) is 1. The Morgan fingerprint density at radius 2 is 1.65 bits per heavy atom. The van der Waals surface area contributed by atoms with Gasteiger partial charge in [-0.15, -0.1) is 0 Å². The zero-order chi connectivity index (χ0) is 26.9. The minimum absolute atomic E-state index is 0.0132. The molecule has 0 saturated carbocycles. The third-order valence-corrected chi connectivity index (χ3v) is 5.66. The standard InChI is InChI=1S/C24H22O13/c25-11-3-1-10(2-4-11)12-8-35-23-14(6-5-13(26)18(23)19(12)30)36-24-22(33)21(32)20(31)15(37-24)9-34-17(29)7-16(27)28/h1-6,8,15,20-22,24-26,31-33H,7,9H2,(H,27,28)/t15-,20-,21+,22+,24+/m0/s1. The first-order valence-electron chi connectivity index (χ1n) is 10.9. The first-order valence-corrected chi connectivity index (χ1v) is 10.9. The van der Waals surface area contributed by atoms with E-state index < -0.39 is 66.9 Å². The Bertz CT molecular complexity index is 1360. The van der Waals surface area contributed by atoms with Crippen LogP contribution >= 0.6 is 0 Å². The number of rotatable bonds is 7. The van der Waals surface area contributed by atoms with Crippen LogP contribution in [0.2, 0.25) is 0 Å². The van der Waals surface area contributed by atoms with Crippen molar-refractivity contribution in [3.63, 3.8) is 0 Å². The van der Waals surface area contributed by atoms with Crippen molar-refractivity contribution in [2.24, 2.45) is 0 Å². The number of benzene rings is 2. The average molecular weight is 518 g/mol. The minimum Gasteiger partial charge on any atom is -0.508 e. The summed E-state index contributed by atoms with van der Waals surface area (Å²) in [6.45, 7) is -0.654. The van der Waals surface area contributed by atoms with Crippen LogP contribution in [0.25, 0.3) is 22.1 Å². The first kappa shape index (κ1) is 25.9. The van der Waals surface area contributed by atoms with Crippen molar-refractivity contribution < 1.29 is 58.9 Å². The molecule has 2 heterocycles. The normalized spacial score (nSPS) is 23.5. The Morgan fingerprint density at radius 3 is 2.32 bits per heavy atom. The lowest BCUT2D eigenvalue weighted by atomic mass is 9.99. The quantitative estimate of drug-likeness (QED) is 0.181. The third-order valence-electron chi connectivity index (χ3n) is 5.66. The Labute approximate surface area is 207 Å². The van der Waals surface area contributed by atoms with E-state index in [1.54, 1.807) is 0 Å². The average Bonchev–Trinajstić information content (AvgIpc) is 2.85. The number of aliphatic hydroxyl groups excluding tert-OH is 3. The number of phenolic OH excluding ortho intramolecular Hbond substituents is 2. The van der Waals surface area contributed by atoms with Gasteiger partial charge in [-0.2, -0.15) is 0 Å². The molecule has 1 saturated heterocycles. The molecule has 0 aliphatic carbocycles. The van der Waals surface area contributed by atoms with Crippen molar-refractivity contribution in [1.29, 1.82) is 0 Å². The molecule has 13 heteroatoms. The molecule has 1 aromatic heterocycles. The fourth-order valence-corrected chi connectivity index (χ4v) is 3.75. The summed E-state index contributed by atoms with van der Waals surface area (Å²) in [6.07, 6.45) is -8.20. The Hall–Kier alpha value is -4.17. The summed E-state index contributed by atoms with van der Waals surface area (Å²) in [5.41, 5.74) is -0.356. The fraction of sp³-hybridized carbons (Fsp3) is 0.292. The number of hydrogen-bond donors (Lipinski definition) is 6. The van der Waals surface area contributed by atoms with Crippen LogP contribution in [-0.2, 0) is 19.1 Å². The molecule has 6 N–H and O–H groups in total. The van der Waals surface area contributed by atoms with Gasteiger partial charge in [0.05, 0.1) is 5.56 Å². The molecule has 0 amide bonds. The van der Waals surface area contributed by atoms with E-state index in [0.717, 1.165) is 12.3 Å². The van der Waals surface area contributed by atoms with Gasteiger partial charge >= 0.3 is 11.9 Å². The number of carboxylic acids is 1. The highest BCUT2D eigenvalue weighted by molar-refractivity contribution is 5.91. The third kappa shape index (κ3) is 5.34. The smallest absolute Gasteiger partial charge is 0.317 e. The molecular formula is C24H22O13. The molecule has 0 unspecified atom stereocenters. The molecule has 37 heavy (non-hydrogen) atoms. The van der Waals surface area contributed by atoms with Gasteiger partial charge in [0, 0.05) is 0 Å². The Balaban J connectivity index is 1.61. The number of aliphatic carboxylic acids is 1. The summed E-state index contributed by atoms with van der Waals surface area (Å²) in [7, 11) is 0. The van der Waals surface area contributed by atoms with Gasteiger partial charge in [-0.25, -0.2) is 0 Å². The summed E-state index contributed by atoms with van der Waals surface area (Å²) in [6, 6.07) is 8.06. The second kappa shape index (κ2) is 10.4. The van der Waals surface area contributed by atoms with Crippen LogP contribution in [-0.4, -0.2) is 79.9 Å². The van der Waals surface area contributed by atoms with Crippen LogP contribution in [0, 0.1) is 0 Å². The number of carbonyl (C=O) groups excluding carboxylic acids is 1. The molecule has 1 aliphatic heterocycles. The number of esters is 1. The summed E-state index contributed by atoms with van der Waals surface area (Å²) < 4.78 is 21.4. The largest absolute Gasteiger partial charge is 0.508 e. The summed E-state index contributed by atoms with van der Waals surface area (Å²) >= 11 is 0. The first-order chi connectivity index (χ1) is 17.6. The number of phenols is 2. The maximum atomic E-state index is 13.1. The predicted molar refractivity (Wildman–Crippen MR) is 122 cm³/mol. The molecule has 1 fully saturated rings. The van der Waals surface area contributed by atoms with Gasteiger partial charge in [0.1, 0.15) is 60.6 Å². The van der Waals surface area contributed by atoms with Crippen LogP contribution in [0.4, 0.5) is 0 Å². The van der Waals surface area contributed by atoms with Crippen LogP contribution in [0.3, 0.4) is 0 Å². The van der Waals surface area contributed by atoms with Crippen molar-refractivity contribution in [2.45, 2.75) is 37.1 Å². The number of hydrogen-bond acceptors (Lipinski definition) is 12. The van der Waals surface area contributed by atoms with E-state index in [1.165, 1.54) is 30.3 Å². The van der Waals surface area contributed by atoms with Crippen molar-refractivity contribution in [3.05, 3.63) is 52.9 Å². The Morgan fingerprint density at radius 1 is 0.946 bits per heavy atom. The van der Waals surface area contributed by atoms with Gasteiger partial charge in [0.25, 0.3) is 0 Å². The van der Waals surface area contributed by atoms with E-state index in [2.05, 4.69) is 0 Å². The van der Waals surface area contributed by atoms with E-state index >= 15 is 0 Å². The predicted octanol–water partition coefficient (Wildman–Crippen LogP) is 0.0755. The molecule has 2 aromatic carbocycles. The van der Waals surface area contributed by atoms with Crippen LogP contribution in [0.1, 0.15) is 6.42 Å². The lowest BCUT2D eigenvalue weighted by Crippen LogP contribution is -2.60. The maximum Gasteiger partial charge on any atom is 0.317 e. The molecule has 3 aromatic rings. The second-order valence-electron chi connectivity index (χ2n) is 8.20. The van der Waals surface area contributed by atoms with Gasteiger partial charge in [0.15, 0.2) is 11.3 Å². The number of fused-ring (bicyclic) bond motifs is 1. The highest BCUT2D eigenvalue weighted by Crippen LogP contribution is 2.34. The van der Waals surface area contributed by atoms with Gasteiger partial charge in [-0.05, 0) is 29.8 Å². The molecule has 0 bridgehead atoms. The van der Waals surface area contributed by atoms with E-state index in [0.29, 0.717) is 5.56 Å². The molecular weight excluding hydrogens is 496 g/mol. The highest BCUT2D eigenvalue weighted by atomic mass is 16.7. The second-order valence-corrected chi connectivity index (χ2v) is 8.20. The van der Waals surface area contributed by atoms with Crippen LogP contribution in [0.5, 0.6) is 17.2 Å². The van der Waals surface area contributed by atoms with E-state index in [1.807, 2.05) is 0 Å². The molecule has 4 rings (SSSR count). The SMILES string of the molecule is O=C(O)CC(=O)OC[C@@H]1O[C@@H](Oc2ccc(O)c3c(=O)c(-c4ccc(O)cc4)coc23)[C@H](O)[C@H](O)[C@H]1O. The zero-order valence-electron chi connectivity index (χ0n) is 18.9. The molecule has 13 nitrogen and oxygen atoms in total. The molecule has 5 atom stereocenters. The molecule has 196 valence electrons. The summed E-state index contributed by atoms with van der Waals surface area (Å²) in [4.78, 5) is 35.3.